The van der Waals surface area contributed by atoms with Gasteiger partial charge in [0.15, 0.2) is 0 Å². The number of rotatable bonds is 5. The SMILES string of the molecule is CCCC(=O)N(C)C(C#N)c1ccc(N(C)C)cc1. The first-order chi connectivity index (χ1) is 9.01. The Kier molecular flexibility index (Phi) is 5.37. The first kappa shape index (κ1) is 15.0. The van der Waals surface area contributed by atoms with Gasteiger partial charge in [0, 0.05) is 33.3 Å². The highest BCUT2D eigenvalue weighted by atomic mass is 16.2. The molecular formula is C15H21N3O. The maximum absolute atomic E-state index is 11.9. The highest BCUT2D eigenvalue weighted by molar-refractivity contribution is 5.76. The average Bonchev–Trinajstić information content (AvgIpc) is 2.40. The van der Waals surface area contributed by atoms with E-state index in [4.69, 9.17) is 0 Å². The summed E-state index contributed by atoms with van der Waals surface area (Å²) in [5.41, 5.74) is 1.92. The van der Waals surface area contributed by atoms with Crippen LogP contribution in [-0.4, -0.2) is 32.0 Å². The number of nitrogens with zero attached hydrogens (tertiary/aromatic N) is 3. The van der Waals surface area contributed by atoms with Crippen molar-refractivity contribution in [3.63, 3.8) is 0 Å². The van der Waals surface area contributed by atoms with Gasteiger partial charge in [0.25, 0.3) is 0 Å². The maximum atomic E-state index is 11.9. The van der Waals surface area contributed by atoms with Crippen molar-refractivity contribution >= 4 is 11.6 Å². The normalized spacial score (nSPS) is 11.5. The van der Waals surface area contributed by atoms with Gasteiger partial charge in [0.1, 0.15) is 6.04 Å². The van der Waals surface area contributed by atoms with Gasteiger partial charge in [-0.1, -0.05) is 19.1 Å². The molecule has 1 atom stereocenters. The van der Waals surface area contributed by atoms with Crippen LogP contribution < -0.4 is 4.90 Å². The van der Waals surface area contributed by atoms with Crippen molar-refractivity contribution in [3.05, 3.63) is 29.8 Å². The molecule has 4 heteroatoms. The van der Waals surface area contributed by atoms with Crippen molar-refractivity contribution in [2.24, 2.45) is 0 Å². The van der Waals surface area contributed by atoms with Crippen molar-refractivity contribution in [1.82, 2.24) is 4.90 Å². The zero-order chi connectivity index (χ0) is 14.4. The van der Waals surface area contributed by atoms with E-state index in [-0.39, 0.29) is 5.91 Å². The lowest BCUT2D eigenvalue weighted by atomic mass is 10.1. The summed E-state index contributed by atoms with van der Waals surface area (Å²) in [6, 6.07) is 9.40. The van der Waals surface area contributed by atoms with E-state index in [0.717, 1.165) is 17.7 Å². The Bertz CT molecular complexity index is 459. The molecule has 102 valence electrons. The number of hydrogen-bond acceptors (Lipinski definition) is 3. The second-order valence-corrected chi connectivity index (χ2v) is 4.77. The molecule has 1 aromatic rings. The standard InChI is InChI=1S/C15H21N3O/c1-5-6-15(19)18(4)14(11-16)12-7-9-13(10-8-12)17(2)3/h7-10,14H,5-6H2,1-4H3. The van der Waals surface area contributed by atoms with Crippen molar-refractivity contribution in [2.45, 2.75) is 25.8 Å². The molecule has 0 saturated heterocycles. The molecule has 0 fully saturated rings. The van der Waals surface area contributed by atoms with Crippen LogP contribution >= 0.6 is 0 Å². The number of amides is 1. The number of anilines is 1. The lowest BCUT2D eigenvalue weighted by Crippen LogP contribution is -2.30. The largest absolute Gasteiger partial charge is 0.378 e. The van der Waals surface area contributed by atoms with E-state index >= 15 is 0 Å². The van der Waals surface area contributed by atoms with E-state index in [9.17, 15) is 10.1 Å². The van der Waals surface area contributed by atoms with Crippen LogP contribution in [0.4, 0.5) is 5.69 Å². The lowest BCUT2D eigenvalue weighted by molar-refractivity contribution is -0.131. The first-order valence-electron chi connectivity index (χ1n) is 6.43. The summed E-state index contributed by atoms with van der Waals surface area (Å²) in [7, 11) is 5.62. The lowest BCUT2D eigenvalue weighted by Gasteiger charge is -2.23. The smallest absolute Gasteiger partial charge is 0.223 e. The van der Waals surface area contributed by atoms with Gasteiger partial charge in [0.05, 0.1) is 6.07 Å². The van der Waals surface area contributed by atoms with Crippen LogP contribution in [0.1, 0.15) is 31.4 Å². The predicted molar refractivity (Wildman–Crippen MR) is 76.8 cm³/mol. The number of hydrogen-bond donors (Lipinski definition) is 0. The zero-order valence-electron chi connectivity index (χ0n) is 12.1. The Hall–Kier alpha value is -2.02. The second kappa shape index (κ2) is 6.79. The molecule has 0 aliphatic heterocycles. The van der Waals surface area contributed by atoms with E-state index in [1.54, 1.807) is 7.05 Å². The van der Waals surface area contributed by atoms with Crippen LogP contribution in [0.25, 0.3) is 0 Å². The van der Waals surface area contributed by atoms with Crippen LogP contribution in [0.2, 0.25) is 0 Å². The van der Waals surface area contributed by atoms with E-state index in [0.29, 0.717) is 6.42 Å². The molecule has 0 heterocycles. The van der Waals surface area contributed by atoms with Crippen molar-refractivity contribution in [1.29, 1.82) is 5.26 Å². The Morgan fingerprint density at radius 1 is 1.26 bits per heavy atom. The van der Waals surface area contributed by atoms with Gasteiger partial charge in [0.2, 0.25) is 5.91 Å². The maximum Gasteiger partial charge on any atom is 0.223 e. The van der Waals surface area contributed by atoms with Gasteiger partial charge in [-0.15, -0.1) is 0 Å². The summed E-state index contributed by atoms with van der Waals surface area (Å²) in [6.45, 7) is 1.96. The third-order valence-electron chi connectivity index (χ3n) is 3.09. The third-order valence-corrected chi connectivity index (χ3v) is 3.09. The topological polar surface area (TPSA) is 47.3 Å². The minimum atomic E-state index is -0.518. The molecule has 0 aliphatic rings. The number of nitriles is 1. The average molecular weight is 259 g/mol. The first-order valence-corrected chi connectivity index (χ1v) is 6.43. The van der Waals surface area contributed by atoms with Gasteiger partial charge in [-0.05, 0) is 24.1 Å². The summed E-state index contributed by atoms with van der Waals surface area (Å²) in [5.74, 6) is 0.00531. The Labute approximate surface area is 115 Å². The molecule has 0 aromatic heterocycles. The zero-order valence-corrected chi connectivity index (χ0v) is 12.1. The fraction of sp³-hybridized carbons (Fsp3) is 0.467. The fourth-order valence-electron chi connectivity index (χ4n) is 1.87. The monoisotopic (exact) mass is 259 g/mol. The molecule has 19 heavy (non-hydrogen) atoms. The van der Waals surface area contributed by atoms with E-state index in [2.05, 4.69) is 6.07 Å². The highest BCUT2D eigenvalue weighted by Crippen LogP contribution is 2.22. The predicted octanol–water partition coefficient (Wildman–Crippen LogP) is 2.58. The summed E-state index contributed by atoms with van der Waals surface area (Å²) < 4.78 is 0. The summed E-state index contributed by atoms with van der Waals surface area (Å²) in [5, 5.41) is 9.29. The van der Waals surface area contributed by atoms with Gasteiger partial charge >= 0.3 is 0 Å². The third kappa shape index (κ3) is 3.72. The van der Waals surface area contributed by atoms with Gasteiger partial charge < -0.3 is 9.80 Å². The van der Waals surface area contributed by atoms with Crippen LogP contribution in [0.5, 0.6) is 0 Å². The number of benzene rings is 1. The van der Waals surface area contributed by atoms with E-state index in [1.807, 2.05) is 50.2 Å². The molecule has 0 radical (unpaired) electrons. The molecule has 0 N–H and O–H groups in total. The highest BCUT2D eigenvalue weighted by Gasteiger charge is 2.20. The van der Waals surface area contributed by atoms with Crippen LogP contribution in [0.3, 0.4) is 0 Å². The molecule has 1 rings (SSSR count). The Morgan fingerprint density at radius 2 is 1.84 bits per heavy atom. The molecule has 0 bridgehead atoms. The molecule has 4 nitrogen and oxygen atoms in total. The molecule has 0 aliphatic carbocycles. The van der Waals surface area contributed by atoms with Crippen LogP contribution in [0.15, 0.2) is 24.3 Å². The molecular weight excluding hydrogens is 238 g/mol. The van der Waals surface area contributed by atoms with E-state index in [1.165, 1.54) is 4.90 Å². The molecule has 1 amide bonds. The second-order valence-electron chi connectivity index (χ2n) is 4.77. The fourth-order valence-corrected chi connectivity index (χ4v) is 1.87. The van der Waals surface area contributed by atoms with E-state index < -0.39 is 6.04 Å². The molecule has 1 unspecified atom stereocenters. The van der Waals surface area contributed by atoms with Crippen molar-refractivity contribution < 1.29 is 4.79 Å². The van der Waals surface area contributed by atoms with Crippen molar-refractivity contribution in [2.75, 3.05) is 26.0 Å². The molecule has 0 saturated carbocycles. The number of carbonyl (C=O) groups is 1. The van der Waals surface area contributed by atoms with Gasteiger partial charge in [-0.2, -0.15) is 5.26 Å². The molecule has 1 aromatic carbocycles. The molecule has 0 spiro atoms. The summed E-state index contributed by atoms with van der Waals surface area (Å²) >= 11 is 0. The minimum Gasteiger partial charge on any atom is -0.378 e. The quantitative estimate of drug-likeness (QED) is 0.816. The Balaban J connectivity index is 2.91. The van der Waals surface area contributed by atoms with Gasteiger partial charge in [-0.3, -0.25) is 4.79 Å². The van der Waals surface area contributed by atoms with Crippen molar-refractivity contribution in [3.8, 4) is 6.07 Å². The summed E-state index contributed by atoms with van der Waals surface area (Å²) in [6.07, 6.45) is 1.27. The summed E-state index contributed by atoms with van der Waals surface area (Å²) in [4.78, 5) is 15.4. The van der Waals surface area contributed by atoms with Crippen LogP contribution in [0, 0.1) is 11.3 Å². The Morgan fingerprint density at radius 3 is 2.26 bits per heavy atom. The number of carbonyl (C=O) groups excluding carboxylic acids is 1. The minimum absolute atomic E-state index is 0.00531. The van der Waals surface area contributed by atoms with Gasteiger partial charge in [-0.25, -0.2) is 0 Å². The van der Waals surface area contributed by atoms with Crippen LogP contribution in [-0.2, 0) is 4.79 Å².